The standard InChI is InChI=1S/C16H25NO3/c1-3-17-11-14-15(18)8-5-9-16(14,19)12-6-4-7-13(10-12)20-2/h4,6-7,10,14-15,17-19H,3,5,8-9,11H2,1-2H3. The predicted molar refractivity (Wildman–Crippen MR) is 78.8 cm³/mol. The van der Waals surface area contributed by atoms with Gasteiger partial charge in [0, 0.05) is 12.5 Å². The lowest BCUT2D eigenvalue weighted by Crippen LogP contribution is -2.50. The summed E-state index contributed by atoms with van der Waals surface area (Å²) in [5.74, 6) is 0.543. The molecule has 0 radical (unpaired) electrons. The minimum absolute atomic E-state index is 0.191. The van der Waals surface area contributed by atoms with Crippen LogP contribution in [0.4, 0.5) is 0 Å². The van der Waals surface area contributed by atoms with E-state index >= 15 is 0 Å². The highest BCUT2D eigenvalue weighted by Gasteiger charge is 2.44. The molecular weight excluding hydrogens is 254 g/mol. The molecule has 1 aromatic carbocycles. The zero-order valence-corrected chi connectivity index (χ0v) is 12.3. The van der Waals surface area contributed by atoms with Gasteiger partial charge in [-0.05, 0) is 43.5 Å². The van der Waals surface area contributed by atoms with Crippen LogP contribution in [0.25, 0.3) is 0 Å². The Balaban J connectivity index is 2.31. The Morgan fingerprint density at radius 3 is 2.95 bits per heavy atom. The topological polar surface area (TPSA) is 61.7 Å². The van der Waals surface area contributed by atoms with Gasteiger partial charge in [0.1, 0.15) is 5.75 Å². The maximum atomic E-state index is 11.2. The molecule has 1 fully saturated rings. The molecule has 0 heterocycles. The third-order valence-corrected chi connectivity index (χ3v) is 4.32. The summed E-state index contributed by atoms with van der Waals surface area (Å²) in [7, 11) is 1.62. The SMILES string of the molecule is CCNCC1C(O)CCCC1(O)c1cccc(OC)c1. The van der Waals surface area contributed by atoms with Crippen molar-refractivity contribution in [1.29, 1.82) is 0 Å². The van der Waals surface area contributed by atoms with E-state index in [1.54, 1.807) is 7.11 Å². The smallest absolute Gasteiger partial charge is 0.119 e. The first kappa shape index (κ1) is 15.3. The number of hydrogen-bond donors (Lipinski definition) is 3. The van der Waals surface area contributed by atoms with Crippen LogP contribution in [0.1, 0.15) is 31.7 Å². The summed E-state index contributed by atoms with van der Waals surface area (Å²) in [6, 6.07) is 7.54. The first-order valence-electron chi connectivity index (χ1n) is 7.37. The van der Waals surface area contributed by atoms with Crippen LogP contribution in [0.3, 0.4) is 0 Å². The van der Waals surface area contributed by atoms with Crippen LogP contribution in [0.15, 0.2) is 24.3 Å². The van der Waals surface area contributed by atoms with Crippen LogP contribution in [-0.2, 0) is 5.60 Å². The second-order valence-electron chi connectivity index (χ2n) is 5.53. The number of hydrogen-bond acceptors (Lipinski definition) is 4. The van der Waals surface area contributed by atoms with Crippen LogP contribution < -0.4 is 10.1 Å². The summed E-state index contributed by atoms with van der Waals surface area (Å²) in [5, 5.41) is 24.7. The normalized spacial score (nSPS) is 30.2. The average molecular weight is 279 g/mol. The highest BCUT2D eigenvalue weighted by Crippen LogP contribution is 2.42. The van der Waals surface area contributed by atoms with Crippen molar-refractivity contribution in [3.63, 3.8) is 0 Å². The van der Waals surface area contributed by atoms with E-state index in [-0.39, 0.29) is 5.92 Å². The van der Waals surface area contributed by atoms with Gasteiger partial charge < -0.3 is 20.3 Å². The molecule has 1 aromatic rings. The second-order valence-corrected chi connectivity index (χ2v) is 5.53. The molecule has 2 rings (SSSR count). The second kappa shape index (κ2) is 6.57. The lowest BCUT2D eigenvalue weighted by molar-refractivity contribution is -0.108. The number of rotatable bonds is 5. The van der Waals surface area contributed by atoms with Crippen LogP contribution in [0, 0.1) is 5.92 Å². The van der Waals surface area contributed by atoms with E-state index in [0.717, 1.165) is 30.7 Å². The van der Waals surface area contributed by atoms with Crippen molar-refractivity contribution in [3.05, 3.63) is 29.8 Å². The highest BCUT2D eigenvalue weighted by molar-refractivity contribution is 5.33. The molecule has 20 heavy (non-hydrogen) atoms. The molecule has 3 N–H and O–H groups in total. The largest absolute Gasteiger partial charge is 0.497 e. The van der Waals surface area contributed by atoms with Crippen molar-refractivity contribution in [2.45, 2.75) is 37.9 Å². The predicted octanol–water partition coefficient (Wildman–Crippen LogP) is 1.65. The zero-order chi connectivity index (χ0) is 14.6. The Morgan fingerprint density at radius 1 is 1.45 bits per heavy atom. The highest BCUT2D eigenvalue weighted by atomic mass is 16.5. The van der Waals surface area contributed by atoms with Gasteiger partial charge in [0.05, 0.1) is 18.8 Å². The fourth-order valence-electron chi connectivity index (χ4n) is 3.14. The van der Waals surface area contributed by atoms with Gasteiger partial charge >= 0.3 is 0 Å². The third-order valence-electron chi connectivity index (χ3n) is 4.32. The maximum Gasteiger partial charge on any atom is 0.119 e. The fourth-order valence-corrected chi connectivity index (χ4v) is 3.14. The molecule has 0 bridgehead atoms. The van der Waals surface area contributed by atoms with Crippen molar-refractivity contribution in [3.8, 4) is 5.75 Å². The molecule has 0 amide bonds. The van der Waals surface area contributed by atoms with Crippen LogP contribution in [0.2, 0.25) is 0 Å². The number of aliphatic hydroxyl groups is 2. The Hall–Kier alpha value is -1.10. The van der Waals surface area contributed by atoms with Crippen molar-refractivity contribution < 1.29 is 14.9 Å². The Morgan fingerprint density at radius 2 is 2.25 bits per heavy atom. The summed E-state index contributed by atoms with van der Waals surface area (Å²) in [6.07, 6.45) is 1.78. The monoisotopic (exact) mass is 279 g/mol. The minimum atomic E-state index is -0.992. The van der Waals surface area contributed by atoms with E-state index in [4.69, 9.17) is 4.74 Å². The molecule has 3 atom stereocenters. The van der Waals surface area contributed by atoms with Gasteiger partial charge in [-0.2, -0.15) is 0 Å². The quantitative estimate of drug-likeness (QED) is 0.767. The van der Waals surface area contributed by atoms with Crippen LogP contribution >= 0.6 is 0 Å². The van der Waals surface area contributed by atoms with Gasteiger partial charge in [-0.15, -0.1) is 0 Å². The van der Waals surface area contributed by atoms with E-state index in [0.29, 0.717) is 13.0 Å². The summed E-state index contributed by atoms with van der Waals surface area (Å²) < 4.78 is 5.24. The molecule has 4 heteroatoms. The molecule has 1 aliphatic rings. The van der Waals surface area contributed by atoms with Crippen molar-refractivity contribution >= 4 is 0 Å². The van der Waals surface area contributed by atoms with E-state index in [2.05, 4.69) is 5.32 Å². The molecule has 0 saturated heterocycles. The minimum Gasteiger partial charge on any atom is -0.497 e. The van der Waals surface area contributed by atoms with Gasteiger partial charge in [0.15, 0.2) is 0 Å². The average Bonchev–Trinajstić information content (AvgIpc) is 2.47. The lowest BCUT2D eigenvalue weighted by atomic mass is 9.70. The number of benzene rings is 1. The Kier molecular flexibility index (Phi) is 5.02. The van der Waals surface area contributed by atoms with Crippen LogP contribution in [-0.4, -0.2) is 36.5 Å². The van der Waals surface area contributed by atoms with Crippen LogP contribution in [0.5, 0.6) is 5.75 Å². The Labute approximate surface area is 120 Å². The van der Waals surface area contributed by atoms with E-state index < -0.39 is 11.7 Å². The summed E-state index contributed by atoms with van der Waals surface area (Å²) >= 11 is 0. The molecule has 1 aliphatic carbocycles. The van der Waals surface area contributed by atoms with Gasteiger partial charge in [0.25, 0.3) is 0 Å². The number of nitrogens with one attached hydrogen (secondary N) is 1. The number of methoxy groups -OCH3 is 1. The van der Waals surface area contributed by atoms with Crippen molar-refractivity contribution in [1.82, 2.24) is 5.32 Å². The molecule has 0 aliphatic heterocycles. The number of aliphatic hydroxyl groups excluding tert-OH is 1. The number of ether oxygens (including phenoxy) is 1. The fraction of sp³-hybridized carbons (Fsp3) is 0.625. The van der Waals surface area contributed by atoms with E-state index in [9.17, 15) is 10.2 Å². The molecule has 1 saturated carbocycles. The first-order chi connectivity index (χ1) is 9.61. The van der Waals surface area contributed by atoms with Crippen molar-refractivity contribution in [2.24, 2.45) is 5.92 Å². The third kappa shape index (κ3) is 2.97. The molecular formula is C16H25NO3. The summed E-state index contributed by atoms with van der Waals surface area (Å²) in [5.41, 5.74) is -0.160. The van der Waals surface area contributed by atoms with Gasteiger partial charge in [0.2, 0.25) is 0 Å². The van der Waals surface area contributed by atoms with E-state index in [1.807, 2.05) is 31.2 Å². The lowest BCUT2D eigenvalue weighted by Gasteiger charge is -2.43. The van der Waals surface area contributed by atoms with Gasteiger partial charge in [-0.3, -0.25) is 0 Å². The molecule has 4 nitrogen and oxygen atoms in total. The zero-order valence-electron chi connectivity index (χ0n) is 12.3. The van der Waals surface area contributed by atoms with Crippen molar-refractivity contribution in [2.75, 3.05) is 20.2 Å². The first-order valence-corrected chi connectivity index (χ1v) is 7.37. The molecule has 3 unspecified atom stereocenters. The molecule has 112 valence electrons. The van der Waals surface area contributed by atoms with E-state index in [1.165, 1.54) is 0 Å². The van der Waals surface area contributed by atoms with Gasteiger partial charge in [-0.25, -0.2) is 0 Å². The summed E-state index contributed by atoms with van der Waals surface area (Å²) in [4.78, 5) is 0. The molecule has 0 spiro atoms. The molecule has 0 aromatic heterocycles. The maximum absolute atomic E-state index is 11.2. The Bertz CT molecular complexity index is 437. The van der Waals surface area contributed by atoms with Gasteiger partial charge in [-0.1, -0.05) is 19.1 Å². The summed E-state index contributed by atoms with van der Waals surface area (Å²) in [6.45, 7) is 3.47.